The quantitative estimate of drug-likeness (QED) is 0.339. The van der Waals surface area contributed by atoms with Crippen LogP contribution in [0.5, 0.6) is 0 Å². The van der Waals surface area contributed by atoms with Crippen molar-refractivity contribution in [3.05, 3.63) is 82.7 Å². The van der Waals surface area contributed by atoms with Crippen molar-refractivity contribution in [2.75, 3.05) is 32.6 Å². The molecule has 2 heterocycles. The van der Waals surface area contributed by atoms with E-state index in [1.807, 2.05) is 18.2 Å². The van der Waals surface area contributed by atoms with Gasteiger partial charge in [0.1, 0.15) is 6.54 Å². The first-order valence-electron chi connectivity index (χ1n) is 11.5. The minimum absolute atomic E-state index is 0.119. The van der Waals surface area contributed by atoms with E-state index in [0.717, 1.165) is 47.6 Å². The second-order valence-electron chi connectivity index (χ2n) is 9.37. The van der Waals surface area contributed by atoms with Gasteiger partial charge in [0.15, 0.2) is 0 Å². The van der Waals surface area contributed by atoms with Crippen LogP contribution in [-0.2, 0) is 16.1 Å². The van der Waals surface area contributed by atoms with Crippen LogP contribution in [0.15, 0.2) is 66.7 Å². The zero-order chi connectivity index (χ0) is 23.3. The fourth-order valence-corrected chi connectivity index (χ4v) is 5.25. The molecule has 4 rings (SSSR count). The molecule has 0 unspecified atom stereocenters. The molecule has 1 aliphatic heterocycles. The van der Waals surface area contributed by atoms with Gasteiger partial charge in [0, 0.05) is 39.9 Å². The number of nitrogens with one attached hydrogen (secondary N) is 1. The van der Waals surface area contributed by atoms with E-state index in [4.69, 9.17) is 4.74 Å². The van der Waals surface area contributed by atoms with Crippen LogP contribution in [0.4, 0.5) is 5.69 Å². The first-order chi connectivity index (χ1) is 15.9. The Hall–Kier alpha value is -2.73. The number of carbonyl (C=O) groups excluding carboxylic acids is 1. The van der Waals surface area contributed by atoms with Gasteiger partial charge in [-0.1, -0.05) is 42.0 Å². The molecule has 1 aromatic heterocycles. The Balaban J connectivity index is 1.31. The van der Waals surface area contributed by atoms with E-state index in [9.17, 15) is 4.79 Å². The molecule has 1 saturated heterocycles. The average Bonchev–Trinajstić information content (AvgIpc) is 3.29. The monoisotopic (exact) mass is 461 g/mol. The van der Waals surface area contributed by atoms with Gasteiger partial charge >= 0.3 is 0 Å². The summed E-state index contributed by atoms with van der Waals surface area (Å²) in [5, 5.41) is 2.97. The lowest BCUT2D eigenvalue weighted by molar-refractivity contribution is -0.929. The first kappa shape index (κ1) is 23.4. The number of amides is 1. The Bertz CT molecular complexity index is 1090. The molecule has 1 N–H and O–H groups in total. The molecule has 0 saturated carbocycles. The number of quaternary nitrogens is 1. The normalized spacial score (nSPS) is 15.1. The lowest BCUT2D eigenvalue weighted by Gasteiger charge is -2.40. The predicted octanol–water partition coefficient (Wildman–Crippen LogP) is 6.13. The van der Waals surface area contributed by atoms with Crippen molar-refractivity contribution >= 4 is 29.0 Å². The second-order valence-corrected chi connectivity index (χ2v) is 10.5. The van der Waals surface area contributed by atoms with Crippen LogP contribution < -0.4 is 5.32 Å². The lowest BCUT2D eigenvalue weighted by Crippen LogP contribution is -2.50. The van der Waals surface area contributed by atoms with Gasteiger partial charge in [-0.05, 0) is 42.8 Å². The number of benzene rings is 2. The summed E-state index contributed by atoms with van der Waals surface area (Å²) in [6, 6.07) is 21.5. The maximum absolute atomic E-state index is 12.4. The molecule has 1 aliphatic rings. The highest BCUT2D eigenvalue weighted by atomic mass is 32.1. The van der Waals surface area contributed by atoms with Crippen LogP contribution in [-0.4, -0.2) is 43.7 Å². The van der Waals surface area contributed by atoms with Gasteiger partial charge in [-0.15, -0.1) is 11.3 Å². The molecule has 0 radical (unpaired) electrons. The molecule has 33 heavy (non-hydrogen) atoms. The Kier molecular flexibility index (Phi) is 7.43. The minimum Gasteiger partial charge on any atom is -0.381 e. The van der Waals surface area contributed by atoms with Crippen LogP contribution in [0.2, 0.25) is 0 Å². The van der Waals surface area contributed by atoms with Crippen molar-refractivity contribution in [3.63, 3.8) is 0 Å². The van der Waals surface area contributed by atoms with Crippen molar-refractivity contribution in [3.8, 4) is 10.4 Å². The fraction of sp³-hybridized carbons (Fsp3) is 0.321. The van der Waals surface area contributed by atoms with Crippen molar-refractivity contribution in [1.82, 2.24) is 0 Å². The van der Waals surface area contributed by atoms with Gasteiger partial charge < -0.3 is 14.5 Å². The van der Waals surface area contributed by atoms with Crippen molar-refractivity contribution in [2.45, 2.75) is 32.4 Å². The van der Waals surface area contributed by atoms with E-state index in [1.54, 1.807) is 17.4 Å². The molecule has 4 nitrogen and oxygen atoms in total. The summed E-state index contributed by atoms with van der Waals surface area (Å²) in [4.78, 5) is 14.7. The summed E-state index contributed by atoms with van der Waals surface area (Å²) < 4.78 is 6.48. The number of nitrogens with zero attached hydrogens (tertiary/aromatic N) is 1. The second kappa shape index (κ2) is 10.5. The number of carbonyl (C=O) groups is 1. The van der Waals surface area contributed by atoms with Crippen molar-refractivity contribution in [1.29, 1.82) is 0 Å². The summed E-state index contributed by atoms with van der Waals surface area (Å²) in [6.45, 7) is 4.79. The average molecular weight is 462 g/mol. The van der Waals surface area contributed by atoms with E-state index in [-0.39, 0.29) is 5.91 Å². The Morgan fingerprint density at radius 1 is 1.03 bits per heavy atom. The Morgan fingerprint density at radius 2 is 1.73 bits per heavy atom. The minimum atomic E-state index is -0.119. The number of thiophene rings is 1. The zero-order valence-corrected chi connectivity index (χ0v) is 20.5. The molecule has 0 atom stereocenters. The van der Waals surface area contributed by atoms with Gasteiger partial charge in [-0.3, -0.25) is 4.79 Å². The topological polar surface area (TPSA) is 38.3 Å². The number of hydrogen-bond donors (Lipinski definition) is 1. The van der Waals surface area contributed by atoms with E-state index < -0.39 is 0 Å². The van der Waals surface area contributed by atoms with Gasteiger partial charge in [0.2, 0.25) is 5.91 Å². The van der Waals surface area contributed by atoms with E-state index in [1.165, 1.54) is 21.6 Å². The van der Waals surface area contributed by atoms with Gasteiger partial charge in [0.25, 0.3) is 0 Å². The first-order valence-corrected chi connectivity index (χ1v) is 12.4. The molecular weight excluding hydrogens is 428 g/mol. The summed E-state index contributed by atoms with van der Waals surface area (Å²) >= 11 is 1.68. The van der Waals surface area contributed by atoms with E-state index in [2.05, 4.69) is 74.9 Å². The summed E-state index contributed by atoms with van der Waals surface area (Å²) in [6.07, 6.45) is 5.71. The van der Waals surface area contributed by atoms with Crippen LogP contribution >= 0.6 is 11.3 Å². The molecule has 0 bridgehead atoms. The maximum Gasteiger partial charge on any atom is 0.248 e. The highest BCUT2D eigenvalue weighted by Crippen LogP contribution is 2.29. The Morgan fingerprint density at radius 3 is 2.42 bits per heavy atom. The number of anilines is 1. The lowest BCUT2D eigenvalue weighted by atomic mass is 10.0. The molecule has 2 aromatic carbocycles. The number of hydrogen-bond acceptors (Lipinski definition) is 3. The van der Waals surface area contributed by atoms with Gasteiger partial charge in [-0.25, -0.2) is 0 Å². The summed E-state index contributed by atoms with van der Waals surface area (Å²) in [7, 11) is 4.59. The highest BCUT2D eigenvalue weighted by molar-refractivity contribution is 7.16. The summed E-state index contributed by atoms with van der Waals surface area (Å²) in [5.74, 6) is -0.119. The zero-order valence-electron chi connectivity index (χ0n) is 19.7. The molecule has 172 valence electrons. The van der Waals surface area contributed by atoms with Gasteiger partial charge in [-0.2, -0.15) is 0 Å². The van der Waals surface area contributed by atoms with Gasteiger partial charge in [0.05, 0.1) is 33.4 Å². The van der Waals surface area contributed by atoms with E-state index in [0.29, 0.717) is 6.04 Å². The van der Waals surface area contributed by atoms with E-state index >= 15 is 0 Å². The smallest absolute Gasteiger partial charge is 0.248 e. The van der Waals surface area contributed by atoms with Crippen LogP contribution in [0.3, 0.4) is 0 Å². The third-order valence-corrected chi connectivity index (χ3v) is 7.45. The Labute approximate surface area is 201 Å². The molecule has 5 heteroatoms. The number of ether oxygens (including phenoxy) is 1. The third kappa shape index (κ3) is 6.41. The van der Waals surface area contributed by atoms with Crippen molar-refractivity contribution in [2.24, 2.45) is 0 Å². The molecule has 3 aromatic rings. The third-order valence-electron chi connectivity index (χ3n) is 6.35. The number of aryl methyl sites for hydroxylation is 1. The SMILES string of the molecule is Cc1ccc(-c2ccc(/C=C/C(=O)Nc3ccc(C[N+](C)(C)C4CCOCC4)cc3)s2)cc1. The predicted molar refractivity (Wildman–Crippen MR) is 138 cm³/mol. The highest BCUT2D eigenvalue weighted by Gasteiger charge is 2.30. The van der Waals surface area contributed by atoms with Crippen LogP contribution in [0, 0.1) is 6.92 Å². The standard InChI is InChI=1S/C28H32N2O2S/c1-21-4-8-23(9-5-21)27-14-12-26(33-27)13-15-28(31)29-24-10-6-22(7-11-24)20-30(2,3)25-16-18-32-19-17-25/h4-15,25H,16-20H2,1-3H3/p+1/b15-13+. The van der Waals surface area contributed by atoms with Crippen LogP contribution in [0.25, 0.3) is 16.5 Å². The molecule has 0 aliphatic carbocycles. The van der Waals surface area contributed by atoms with Crippen molar-refractivity contribution < 1.29 is 14.0 Å². The maximum atomic E-state index is 12.4. The molecule has 1 amide bonds. The van der Waals surface area contributed by atoms with Crippen LogP contribution in [0.1, 0.15) is 28.8 Å². The molecular formula is C28H33N2O2S+. The molecule has 1 fully saturated rings. The molecule has 0 spiro atoms. The summed E-state index contributed by atoms with van der Waals surface area (Å²) in [5.41, 5.74) is 4.55. The fourth-order valence-electron chi connectivity index (χ4n) is 4.33. The number of rotatable bonds is 7. The largest absolute Gasteiger partial charge is 0.381 e.